The lowest BCUT2D eigenvalue weighted by Gasteiger charge is -2.35. The van der Waals surface area contributed by atoms with Crippen LogP contribution in [0.5, 0.6) is 5.75 Å². The zero-order valence-electron chi connectivity index (χ0n) is 17.4. The average Bonchev–Trinajstić information content (AvgIpc) is 2.66. The summed E-state index contributed by atoms with van der Waals surface area (Å²) in [6.07, 6.45) is 0.326. The molecule has 1 saturated heterocycles. The van der Waals surface area contributed by atoms with E-state index in [-0.39, 0.29) is 5.91 Å². The molecular formula is C23H31N3O2. The maximum absolute atomic E-state index is 12.3. The van der Waals surface area contributed by atoms with Crippen LogP contribution < -0.4 is 15.0 Å². The van der Waals surface area contributed by atoms with E-state index in [1.54, 1.807) is 0 Å². The van der Waals surface area contributed by atoms with Gasteiger partial charge in [0.15, 0.2) is 0 Å². The number of amides is 1. The van der Waals surface area contributed by atoms with E-state index in [0.29, 0.717) is 13.0 Å². The molecule has 2 aromatic rings. The van der Waals surface area contributed by atoms with Crippen molar-refractivity contribution in [1.29, 1.82) is 0 Å². The molecule has 1 heterocycles. The molecule has 0 spiro atoms. The molecule has 0 saturated carbocycles. The molecule has 1 aliphatic rings. The van der Waals surface area contributed by atoms with Gasteiger partial charge in [-0.2, -0.15) is 0 Å². The van der Waals surface area contributed by atoms with Crippen molar-refractivity contribution in [3.05, 3.63) is 53.1 Å². The fraction of sp³-hybridized carbons (Fsp3) is 0.435. The number of nitrogens with one attached hydrogen (secondary N) is 1. The summed E-state index contributed by atoms with van der Waals surface area (Å²) >= 11 is 0. The van der Waals surface area contributed by atoms with Crippen LogP contribution in [0.2, 0.25) is 0 Å². The van der Waals surface area contributed by atoms with Crippen molar-refractivity contribution < 1.29 is 9.53 Å². The zero-order chi connectivity index (χ0) is 20.1. The van der Waals surface area contributed by atoms with Crippen LogP contribution in [0.15, 0.2) is 36.4 Å². The predicted molar refractivity (Wildman–Crippen MR) is 116 cm³/mol. The van der Waals surface area contributed by atoms with Gasteiger partial charge in [0.25, 0.3) is 0 Å². The summed E-state index contributed by atoms with van der Waals surface area (Å²) in [7, 11) is 2.16. The minimum absolute atomic E-state index is 0.0305. The first-order valence-corrected chi connectivity index (χ1v) is 9.96. The lowest BCUT2D eigenvalue weighted by atomic mass is 10.1. The largest absolute Gasteiger partial charge is 0.493 e. The van der Waals surface area contributed by atoms with Crippen LogP contribution in [0.3, 0.4) is 0 Å². The monoisotopic (exact) mass is 381 g/mol. The van der Waals surface area contributed by atoms with Crippen molar-refractivity contribution in [2.45, 2.75) is 27.2 Å². The summed E-state index contributed by atoms with van der Waals surface area (Å²) in [4.78, 5) is 17.0. The summed E-state index contributed by atoms with van der Waals surface area (Å²) in [6.45, 7) is 10.8. The van der Waals surface area contributed by atoms with Gasteiger partial charge in [-0.1, -0.05) is 12.1 Å². The number of ether oxygens (including phenoxy) is 1. The van der Waals surface area contributed by atoms with Crippen LogP contribution in [-0.4, -0.2) is 50.6 Å². The second-order valence-corrected chi connectivity index (χ2v) is 7.71. The summed E-state index contributed by atoms with van der Waals surface area (Å²) in [6, 6.07) is 12.3. The highest BCUT2D eigenvalue weighted by atomic mass is 16.5. The number of aryl methyl sites for hydroxylation is 3. The van der Waals surface area contributed by atoms with Gasteiger partial charge >= 0.3 is 0 Å². The van der Waals surface area contributed by atoms with Gasteiger partial charge in [-0.05, 0) is 68.8 Å². The van der Waals surface area contributed by atoms with Gasteiger partial charge in [-0.3, -0.25) is 4.79 Å². The maximum atomic E-state index is 12.3. The molecule has 5 heteroatoms. The van der Waals surface area contributed by atoms with Gasteiger partial charge in [-0.25, -0.2) is 0 Å². The number of nitrogens with zero attached hydrogens (tertiary/aromatic N) is 2. The van der Waals surface area contributed by atoms with E-state index in [1.807, 2.05) is 32.0 Å². The Morgan fingerprint density at radius 1 is 1.00 bits per heavy atom. The van der Waals surface area contributed by atoms with Crippen molar-refractivity contribution in [2.24, 2.45) is 0 Å². The van der Waals surface area contributed by atoms with Crippen LogP contribution in [0.25, 0.3) is 0 Å². The highest BCUT2D eigenvalue weighted by Crippen LogP contribution is 2.25. The molecule has 1 N–H and O–H groups in total. The maximum Gasteiger partial charge on any atom is 0.227 e. The molecule has 2 aromatic carbocycles. The van der Waals surface area contributed by atoms with Gasteiger partial charge < -0.3 is 19.9 Å². The number of rotatable bonds is 6. The number of anilines is 2. The van der Waals surface area contributed by atoms with Gasteiger partial charge in [0.2, 0.25) is 5.91 Å². The SMILES string of the molecule is Cc1ccc(C)c(OCCC(=O)Nc2ccc(N3CCN(C)CC3)c(C)c2)c1. The van der Waals surface area contributed by atoms with Crippen LogP contribution in [0.1, 0.15) is 23.1 Å². The van der Waals surface area contributed by atoms with Gasteiger partial charge in [0.1, 0.15) is 5.75 Å². The Morgan fingerprint density at radius 2 is 1.75 bits per heavy atom. The molecule has 0 aliphatic carbocycles. The minimum atomic E-state index is -0.0305. The molecule has 0 bridgehead atoms. The van der Waals surface area contributed by atoms with Crippen LogP contribution in [0.4, 0.5) is 11.4 Å². The Bertz CT molecular complexity index is 827. The van der Waals surface area contributed by atoms with E-state index < -0.39 is 0 Å². The Morgan fingerprint density at radius 3 is 2.46 bits per heavy atom. The second kappa shape index (κ2) is 9.11. The number of hydrogen-bond acceptors (Lipinski definition) is 4. The summed E-state index contributed by atoms with van der Waals surface area (Å²) in [5, 5.41) is 2.99. The van der Waals surface area contributed by atoms with E-state index in [4.69, 9.17) is 4.74 Å². The van der Waals surface area contributed by atoms with Gasteiger partial charge in [0.05, 0.1) is 13.0 Å². The number of benzene rings is 2. The van der Waals surface area contributed by atoms with E-state index in [2.05, 4.69) is 47.3 Å². The molecule has 1 aliphatic heterocycles. The van der Waals surface area contributed by atoms with Crippen molar-refractivity contribution in [3.8, 4) is 5.75 Å². The Hall–Kier alpha value is -2.53. The van der Waals surface area contributed by atoms with E-state index in [0.717, 1.165) is 48.7 Å². The van der Waals surface area contributed by atoms with Crippen molar-refractivity contribution >= 4 is 17.3 Å². The van der Waals surface area contributed by atoms with Crippen molar-refractivity contribution in [1.82, 2.24) is 4.90 Å². The molecule has 28 heavy (non-hydrogen) atoms. The average molecular weight is 382 g/mol. The third kappa shape index (κ3) is 5.26. The van der Waals surface area contributed by atoms with Crippen molar-refractivity contribution in [3.63, 3.8) is 0 Å². The predicted octanol–water partition coefficient (Wildman–Crippen LogP) is 3.77. The first kappa shape index (κ1) is 20.2. The molecular weight excluding hydrogens is 350 g/mol. The number of likely N-dealkylation sites (N-methyl/N-ethyl adjacent to an activating group) is 1. The fourth-order valence-electron chi connectivity index (χ4n) is 3.48. The molecule has 0 radical (unpaired) electrons. The molecule has 0 atom stereocenters. The van der Waals surface area contributed by atoms with Gasteiger partial charge in [-0.15, -0.1) is 0 Å². The highest BCUT2D eigenvalue weighted by Gasteiger charge is 2.16. The van der Waals surface area contributed by atoms with Crippen molar-refractivity contribution in [2.75, 3.05) is 50.1 Å². The molecule has 0 unspecified atom stereocenters. The topological polar surface area (TPSA) is 44.8 Å². The van der Waals surface area contributed by atoms with Crippen LogP contribution in [-0.2, 0) is 4.79 Å². The van der Waals surface area contributed by atoms with E-state index in [9.17, 15) is 4.79 Å². The lowest BCUT2D eigenvalue weighted by Crippen LogP contribution is -2.44. The van der Waals surface area contributed by atoms with Gasteiger partial charge in [0, 0.05) is 37.6 Å². The quantitative estimate of drug-likeness (QED) is 0.827. The number of piperazine rings is 1. The third-order valence-corrected chi connectivity index (χ3v) is 5.25. The van der Waals surface area contributed by atoms with Crippen LogP contribution >= 0.6 is 0 Å². The lowest BCUT2D eigenvalue weighted by molar-refractivity contribution is -0.116. The molecule has 3 rings (SSSR count). The normalized spacial score (nSPS) is 14.8. The molecule has 0 aromatic heterocycles. The smallest absolute Gasteiger partial charge is 0.227 e. The minimum Gasteiger partial charge on any atom is -0.493 e. The zero-order valence-corrected chi connectivity index (χ0v) is 17.4. The highest BCUT2D eigenvalue weighted by molar-refractivity contribution is 5.91. The fourth-order valence-corrected chi connectivity index (χ4v) is 3.48. The molecule has 1 fully saturated rings. The molecule has 150 valence electrons. The first-order valence-electron chi connectivity index (χ1n) is 9.96. The summed E-state index contributed by atoms with van der Waals surface area (Å²) < 4.78 is 5.79. The number of carbonyl (C=O) groups is 1. The third-order valence-electron chi connectivity index (χ3n) is 5.25. The Kier molecular flexibility index (Phi) is 6.57. The van der Waals surface area contributed by atoms with E-state index >= 15 is 0 Å². The standard InChI is InChI=1S/C23H31N3O2/c1-17-5-6-18(2)22(15-17)28-14-9-23(27)24-20-7-8-21(19(3)16-20)26-12-10-25(4)11-13-26/h5-8,15-16H,9-14H2,1-4H3,(H,24,27). The van der Waals surface area contributed by atoms with E-state index in [1.165, 1.54) is 11.3 Å². The number of carbonyl (C=O) groups excluding carboxylic acids is 1. The molecule has 1 amide bonds. The second-order valence-electron chi connectivity index (χ2n) is 7.71. The summed E-state index contributed by atoms with van der Waals surface area (Å²) in [5.41, 5.74) is 5.52. The van der Waals surface area contributed by atoms with Crippen LogP contribution in [0, 0.1) is 20.8 Å². The Balaban J connectivity index is 1.51. The summed E-state index contributed by atoms with van der Waals surface area (Å²) in [5.74, 6) is 0.817. The first-order chi connectivity index (χ1) is 13.4. The molecule has 5 nitrogen and oxygen atoms in total. The Labute approximate surface area is 168 Å². The number of hydrogen-bond donors (Lipinski definition) is 1.